The van der Waals surface area contributed by atoms with Crippen LogP contribution < -0.4 is 19.7 Å². The van der Waals surface area contributed by atoms with E-state index in [-0.39, 0.29) is 0 Å². The van der Waals surface area contributed by atoms with Gasteiger partial charge in [-0.25, -0.2) is 4.79 Å². The van der Waals surface area contributed by atoms with Gasteiger partial charge in [0.1, 0.15) is 0 Å². The average Bonchev–Trinajstić information content (AvgIpc) is 2.73. The predicted octanol–water partition coefficient (Wildman–Crippen LogP) is 4.35. The zero-order chi connectivity index (χ0) is 21.1. The average molecular weight is 477 g/mol. The van der Waals surface area contributed by atoms with E-state index in [1.165, 1.54) is 7.11 Å². The molecule has 0 fully saturated rings. The van der Waals surface area contributed by atoms with Gasteiger partial charge in [0.15, 0.2) is 16.6 Å². The third-order valence-electron chi connectivity index (χ3n) is 4.72. The molecular weight excluding hydrogens is 456 g/mol. The van der Waals surface area contributed by atoms with Crippen molar-refractivity contribution in [1.82, 2.24) is 5.32 Å². The molecule has 0 aromatic heterocycles. The first-order valence-corrected chi connectivity index (χ1v) is 9.99. The standard InChI is InChI=1S/C21H21BrN2O4S/c1-12-18(20(25)28-4)19(14-10-16(26-2)17(27-3)11-15(14)22)23-21(29)24(12)13-8-6-5-7-9-13/h5-11,19H,1-4H3,(H,23,29)/t19-/m0/s1. The fraction of sp³-hybridized carbons (Fsp3) is 0.238. The Labute approximate surface area is 183 Å². The zero-order valence-corrected chi connectivity index (χ0v) is 18.9. The molecule has 1 aliphatic heterocycles. The number of methoxy groups -OCH3 is 3. The molecule has 0 spiro atoms. The van der Waals surface area contributed by atoms with E-state index in [2.05, 4.69) is 21.2 Å². The number of allylic oxidation sites excluding steroid dienone is 1. The van der Waals surface area contributed by atoms with E-state index in [1.807, 2.05) is 48.2 Å². The highest BCUT2D eigenvalue weighted by atomic mass is 79.9. The first-order valence-electron chi connectivity index (χ1n) is 8.79. The molecule has 0 radical (unpaired) electrons. The minimum absolute atomic E-state index is 0.440. The number of hydrogen-bond donors (Lipinski definition) is 1. The molecule has 0 bridgehead atoms. The van der Waals surface area contributed by atoms with Gasteiger partial charge in [-0.05, 0) is 49.0 Å². The van der Waals surface area contributed by atoms with Gasteiger partial charge in [0.05, 0.1) is 32.9 Å². The molecule has 0 saturated heterocycles. The molecule has 6 nitrogen and oxygen atoms in total. The molecule has 1 atom stereocenters. The Morgan fingerprint density at radius 3 is 2.31 bits per heavy atom. The number of halogens is 1. The molecule has 3 rings (SSSR count). The van der Waals surface area contributed by atoms with Crippen molar-refractivity contribution in [3.05, 3.63) is 63.8 Å². The van der Waals surface area contributed by atoms with Gasteiger partial charge in [-0.15, -0.1) is 0 Å². The molecule has 8 heteroatoms. The van der Waals surface area contributed by atoms with Crippen molar-refractivity contribution < 1.29 is 19.0 Å². The van der Waals surface area contributed by atoms with E-state index in [0.717, 1.165) is 15.7 Å². The number of carbonyl (C=O) groups is 1. The number of rotatable bonds is 5. The molecule has 0 unspecified atom stereocenters. The first-order chi connectivity index (χ1) is 13.9. The summed E-state index contributed by atoms with van der Waals surface area (Å²) < 4.78 is 16.6. The van der Waals surface area contributed by atoms with Crippen molar-refractivity contribution in [2.75, 3.05) is 26.2 Å². The van der Waals surface area contributed by atoms with Crippen LogP contribution in [0.3, 0.4) is 0 Å². The molecule has 152 valence electrons. The van der Waals surface area contributed by atoms with Crippen LogP contribution in [0.4, 0.5) is 5.69 Å². The normalized spacial score (nSPS) is 16.4. The molecule has 2 aromatic carbocycles. The van der Waals surface area contributed by atoms with E-state index in [1.54, 1.807) is 20.3 Å². The lowest BCUT2D eigenvalue weighted by atomic mass is 9.94. The second-order valence-corrected chi connectivity index (χ2v) is 7.51. The topological polar surface area (TPSA) is 60.0 Å². The van der Waals surface area contributed by atoms with Crippen LogP contribution in [0.2, 0.25) is 0 Å². The maximum absolute atomic E-state index is 12.8. The van der Waals surface area contributed by atoms with E-state index in [9.17, 15) is 4.79 Å². The molecule has 0 amide bonds. The number of esters is 1. The maximum Gasteiger partial charge on any atom is 0.337 e. The van der Waals surface area contributed by atoms with Gasteiger partial charge >= 0.3 is 5.97 Å². The number of thiocarbonyl (C=S) groups is 1. The van der Waals surface area contributed by atoms with Crippen LogP contribution in [-0.2, 0) is 9.53 Å². The summed E-state index contributed by atoms with van der Waals surface area (Å²) in [6.07, 6.45) is 0. The highest BCUT2D eigenvalue weighted by molar-refractivity contribution is 9.10. The van der Waals surface area contributed by atoms with E-state index < -0.39 is 12.0 Å². The lowest BCUT2D eigenvalue weighted by molar-refractivity contribution is -0.136. The summed E-state index contributed by atoms with van der Waals surface area (Å²) in [7, 11) is 4.50. The number of nitrogens with one attached hydrogen (secondary N) is 1. The highest BCUT2D eigenvalue weighted by Gasteiger charge is 2.36. The Bertz CT molecular complexity index is 978. The molecule has 1 aliphatic rings. The Morgan fingerprint density at radius 2 is 1.72 bits per heavy atom. The minimum atomic E-state index is -0.524. The molecule has 1 N–H and O–H groups in total. The quantitative estimate of drug-likeness (QED) is 0.508. The molecule has 29 heavy (non-hydrogen) atoms. The summed E-state index contributed by atoms with van der Waals surface area (Å²) in [5, 5.41) is 3.76. The highest BCUT2D eigenvalue weighted by Crippen LogP contribution is 2.41. The SMILES string of the molecule is COC(=O)C1=C(C)N(c2ccccc2)C(=S)N[C@H]1c1cc(OC)c(OC)cc1Br. The third kappa shape index (κ3) is 3.95. The zero-order valence-electron chi connectivity index (χ0n) is 16.5. The summed E-state index contributed by atoms with van der Waals surface area (Å²) >= 11 is 9.23. The Morgan fingerprint density at radius 1 is 1.10 bits per heavy atom. The fourth-order valence-electron chi connectivity index (χ4n) is 3.33. The number of anilines is 1. The van der Waals surface area contributed by atoms with Gasteiger partial charge < -0.3 is 19.5 Å². The first kappa shape index (κ1) is 21.1. The minimum Gasteiger partial charge on any atom is -0.493 e. The van der Waals surface area contributed by atoms with Gasteiger partial charge in [0.25, 0.3) is 0 Å². The number of benzene rings is 2. The summed E-state index contributed by atoms with van der Waals surface area (Å²) in [5.74, 6) is 0.684. The number of ether oxygens (including phenoxy) is 3. The van der Waals surface area contributed by atoms with Gasteiger partial charge in [-0.3, -0.25) is 4.90 Å². The second-order valence-electron chi connectivity index (χ2n) is 6.27. The number of hydrogen-bond acceptors (Lipinski definition) is 5. The molecule has 0 saturated carbocycles. The van der Waals surface area contributed by atoms with Crippen molar-refractivity contribution >= 4 is 44.9 Å². The van der Waals surface area contributed by atoms with E-state index in [0.29, 0.717) is 27.9 Å². The molecule has 2 aromatic rings. The Hall–Kier alpha value is -2.58. The van der Waals surface area contributed by atoms with Crippen LogP contribution in [0.15, 0.2) is 58.2 Å². The van der Waals surface area contributed by atoms with Crippen LogP contribution >= 0.6 is 28.1 Å². The van der Waals surface area contributed by atoms with Crippen LogP contribution in [0.25, 0.3) is 0 Å². The van der Waals surface area contributed by atoms with Gasteiger partial charge in [-0.1, -0.05) is 34.1 Å². The van der Waals surface area contributed by atoms with Crippen LogP contribution in [0.1, 0.15) is 18.5 Å². The Balaban J connectivity index is 2.19. The molecule has 1 heterocycles. The van der Waals surface area contributed by atoms with Gasteiger partial charge in [0, 0.05) is 15.9 Å². The van der Waals surface area contributed by atoms with Crippen molar-refractivity contribution in [2.45, 2.75) is 13.0 Å². The van der Waals surface area contributed by atoms with Crippen molar-refractivity contribution in [2.24, 2.45) is 0 Å². The van der Waals surface area contributed by atoms with E-state index in [4.69, 9.17) is 26.4 Å². The number of nitrogens with zero attached hydrogens (tertiary/aromatic N) is 1. The van der Waals surface area contributed by atoms with Crippen molar-refractivity contribution in [3.63, 3.8) is 0 Å². The monoisotopic (exact) mass is 476 g/mol. The van der Waals surface area contributed by atoms with Crippen LogP contribution in [-0.4, -0.2) is 32.4 Å². The van der Waals surface area contributed by atoms with Crippen LogP contribution in [0, 0.1) is 0 Å². The lowest BCUT2D eigenvalue weighted by Gasteiger charge is -2.37. The van der Waals surface area contributed by atoms with Crippen molar-refractivity contribution in [1.29, 1.82) is 0 Å². The summed E-state index contributed by atoms with van der Waals surface area (Å²) in [6, 6.07) is 12.7. The summed E-state index contributed by atoms with van der Waals surface area (Å²) in [4.78, 5) is 14.6. The van der Waals surface area contributed by atoms with Crippen LogP contribution in [0.5, 0.6) is 11.5 Å². The molecule has 0 aliphatic carbocycles. The predicted molar refractivity (Wildman–Crippen MR) is 119 cm³/mol. The van der Waals surface area contributed by atoms with Crippen molar-refractivity contribution in [3.8, 4) is 11.5 Å². The second kappa shape index (κ2) is 8.84. The fourth-order valence-corrected chi connectivity index (χ4v) is 4.24. The smallest absolute Gasteiger partial charge is 0.337 e. The summed E-state index contributed by atoms with van der Waals surface area (Å²) in [6.45, 7) is 1.86. The molecular formula is C21H21BrN2O4S. The lowest BCUT2D eigenvalue weighted by Crippen LogP contribution is -2.48. The number of carbonyl (C=O) groups excluding carboxylic acids is 1. The Kier molecular flexibility index (Phi) is 6.44. The van der Waals surface area contributed by atoms with Gasteiger partial charge in [-0.2, -0.15) is 0 Å². The third-order valence-corrected chi connectivity index (χ3v) is 5.71. The summed E-state index contributed by atoms with van der Waals surface area (Å²) in [5.41, 5.74) is 2.78. The maximum atomic E-state index is 12.8. The largest absolute Gasteiger partial charge is 0.493 e. The van der Waals surface area contributed by atoms with E-state index >= 15 is 0 Å². The number of para-hydroxylation sites is 1. The van der Waals surface area contributed by atoms with Gasteiger partial charge in [0.2, 0.25) is 0 Å².